The smallest absolute Gasteiger partial charge is 0.263 e. The van der Waals surface area contributed by atoms with E-state index in [0.29, 0.717) is 4.88 Å². The van der Waals surface area contributed by atoms with E-state index in [2.05, 4.69) is 17.2 Å². The van der Waals surface area contributed by atoms with Gasteiger partial charge in [0, 0.05) is 0 Å². The van der Waals surface area contributed by atoms with Gasteiger partial charge in [-0.15, -0.1) is 11.3 Å². The number of nitrogens with zero attached hydrogens (tertiary/aromatic N) is 1. The fraction of sp³-hybridized carbons (Fsp3) is 0.692. The Balaban J connectivity index is 2.02. The maximum Gasteiger partial charge on any atom is 0.263 e. The molecule has 1 aliphatic rings. The van der Waals surface area contributed by atoms with Gasteiger partial charge in [-0.1, -0.05) is 19.8 Å². The molecule has 2 N–H and O–H groups in total. The Morgan fingerprint density at radius 1 is 1.56 bits per heavy atom. The molecular weight excluding hydrogens is 248 g/mol. The lowest BCUT2D eigenvalue weighted by Gasteiger charge is -2.27. The van der Waals surface area contributed by atoms with Crippen LogP contribution in [0.2, 0.25) is 0 Å². The predicted molar refractivity (Wildman–Crippen MR) is 71.9 cm³/mol. The highest BCUT2D eigenvalue weighted by Gasteiger charge is 2.35. The maximum atomic E-state index is 12.1. The molecule has 0 bridgehead atoms. The van der Waals surface area contributed by atoms with Crippen molar-refractivity contribution >= 4 is 17.2 Å². The highest BCUT2D eigenvalue weighted by Crippen LogP contribution is 2.29. The highest BCUT2D eigenvalue weighted by molar-refractivity contribution is 7.13. The van der Waals surface area contributed by atoms with Crippen molar-refractivity contribution < 1.29 is 9.90 Å². The second-order valence-corrected chi connectivity index (χ2v) is 6.08. The average molecular weight is 268 g/mol. The minimum absolute atomic E-state index is 0.0271. The highest BCUT2D eigenvalue weighted by atomic mass is 32.1. The van der Waals surface area contributed by atoms with Gasteiger partial charge in [-0.05, 0) is 25.7 Å². The van der Waals surface area contributed by atoms with Crippen LogP contribution in [0, 0.1) is 0 Å². The zero-order valence-electron chi connectivity index (χ0n) is 10.7. The van der Waals surface area contributed by atoms with Crippen LogP contribution < -0.4 is 5.32 Å². The second kappa shape index (κ2) is 5.80. The van der Waals surface area contributed by atoms with Crippen LogP contribution in [0.5, 0.6) is 0 Å². The van der Waals surface area contributed by atoms with Crippen molar-refractivity contribution in [3.8, 4) is 0 Å². The van der Waals surface area contributed by atoms with Crippen molar-refractivity contribution in [2.75, 3.05) is 6.61 Å². The van der Waals surface area contributed by atoms with Gasteiger partial charge < -0.3 is 10.4 Å². The third kappa shape index (κ3) is 2.90. The molecule has 100 valence electrons. The largest absolute Gasteiger partial charge is 0.394 e. The molecule has 1 fully saturated rings. The van der Waals surface area contributed by atoms with E-state index in [0.717, 1.165) is 43.5 Å². The van der Waals surface area contributed by atoms with Crippen molar-refractivity contribution in [1.82, 2.24) is 10.3 Å². The van der Waals surface area contributed by atoms with Crippen LogP contribution in [0.25, 0.3) is 0 Å². The molecule has 1 aliphatic carbocycles. The fourth-order valence-electron chi connectivity index (χ4n) is 2.42. The van der Waals surface area contributed by atoms with Crippen LogP contribution in [-0.2, 0) is 6.42 Å². The lowest BCUT2D eigenvalue weighted by molar-refractivity contribution is 0.0842. The van der Waals surface area contributed by atoms with E-state index in [9.17, 15) is 9.90 Å². The third-order valence-electron chi connectivity index (χ3n) is 3.48. The molecule has 18 heavy (non-hydrogen) atoms. The average Bonchev–Trinajstić information content (AvgIpc) is 2.99. The van der Waals surface area contributed by atoms with Crippen molar-refractivity contribution in [3.63, 3.8) is 0 Å². The van der Waals surface area contributed by atoms with Crippen LogP contribution in [0.15, 0.2) is 6.20 Å². The zero-order valence-corrected chi connectivity index (χ0v) is 11.6. The summed E-state index contributed by atoms with van der Waals surface area (Å²) < 4.78 is 0. The van der Waals surface area contributed by atoms with Gasteiger partial charge in [-0.3, -0.25) is 4.79 Å². The van der Waals surface area contributed by atoms with Gasteiger partial charge in [0.1, 0.15) is 4.88 Å². The SMILES string of the molecule is CCCc1ncc(C(=O)NC2(CO)CCCC2)s1. The normalized spacial score (nSPS) is 17.9. The molecule has 0 atom stereocenters. The first kappa shape index (κ1) is 13.5. The van der Waals surface area contributed by atoms with Gasteiger partial charge in [-0.25, -0.2) is 4.98 Å². The van der Waals surface area contributed by atoms with Crippen molar-refractivity contribution in [2.24, 2.45) is 0 Å². The summed E-state index contributed by atoms with van der Waals surface area (Å²) in [6.07, 6.45) is 7.49. The molecule has 1 aromatic heterocycles. The summed E-state index contributed by atoms with van der Waals surface area (Å²) in [4.78, 5) is 17.0. The van der Waals surface area contributed by atoms with Crippen molar-refractivity contribution in [1.29, 1.82) is 0 Å². The molecule has 0 unspecified atom stereocenters. The van der Waals surface area contributed by atoms with E-state index >= 15 is 0 Å². The Bertz CT molecular complexity index is 411. The minimum atomic E-state index is -0.397. The summed E-state index contributed by atoms with van der Waals surface area (Å²) in [5.41, 5.74) is -0.397. The number of nitrogens with one attached hydrogen (secondary N) is 1. The molecule has 1 heterocycles. The van der Waals surface area contributed by atoms with Gasteiger partial charge >= 0.3 is 0 Å². The number of carbonyl (C=O) groups is 1. The number of hydrogen-bond donors (Lipinski definition) is 2. The number of aliphatic hydroxyl groups is 1. The number of hydrogen-bond acceptors (Lipinski definition) is 4. The number of rotatable bonds is 5. The summed E-state index contributed by atoms with van der Waals surface area (Å²) in [5, 5.41) is 13.5. The van der Waals surface area contributed by atoms with Crippen LogP contribution in [0.1, 0.15) is 53.7 Å². The van der Waals surface area contributed by atoms with E-state index in [4.69, 9.17) is 0 Å². The lowest BCUT2D eigenvalue weighted by atomic mass is 9.99. The summed E-state index contributed by atoms with van der Waals surface area (Å²) in [6.45, 7) is 2.12. The third-order valence-corrected chi connectivity index (χ3v) is 4.54. The predicted octanol–water partition coefficient (Wildman–Crippen LogP) is 2.13. The summed E-state index contributed by atoms with van der Waals surface area (Å²) in [5.74, 6) is -0.0918. The van der Waals surface area contributed by atoms with Gasteiger partial charge in [0.25, 0.3) is 5.91 Å². The van der Waals surface area contributed by atoms with Crippen LogP contribution in [0.3, 0.4) is 0 Å². The number of carbonyl (C=O) groups excluding carboxylic acids is 1. The van der Waals surface area contributed by atoms with Crippen molar-refractivity contribution in [3.05, 3.63) is 16.1 Å². The maximum absolute atomic E-state index is 12.1. The molecule has 5 heteroatoms. The standard InChI is InChI=1S/C13H20N2O2S/c1-2-5-11-14-8-10(18-11)12(17)15-13(9-16)6-3-4-7-13/h8,16H,2-7,9H2,1H3,(H,15,17). The Morgan fingerprint density at radius 3 is 2.89 bits per heavy atom. The number of amides is 1. The van der Waals surface area contributed by atoms with Crippen LogP contribution >= 0.6 is 11.3 Å². The summed E-state index contributed by atoms with van der Waals surface area (Å²) >= 11 is 1.45. The molecule has 0 saturated heterocycles. The number of thiazole rings is 1. The molecule has 4 nitrogen and oxygen atoms in total. The second-order valence-electron chi connectivity index (χ2n) is 4.97. The monoisotopic (exact) mass is 268 g/mol. The molecular formula is C13H20N2O2S. The van der Waals surface area contributed by atoms with E-state index in [1.807, 2.05) is 0 Å². The molecule has 1 amide bonds. The Labute approximate surface area is 111 Å². The van der Waals surface area contributed by atoms with Crippen LogP contribution in [0.4, 0.5) is 0 Å². The van der Waals surface area contributed by atoms with E-state index < -0.39 is 5.54 Å². The van der Waals surface area contributed by atoms with Crippen LogP contribution in [-0.4, -0.2) is 28.1 Å². The number of aromatic nitrogens is 1. The Kier molecular flexibility index (Phi) is 4.35. The Morgan fingerprint density at radius 2 is 2.28 bits per heavy atom. The first-order valence-corrected chi connectivity index (χ1v) is 7.39. The zero-order chi connectivity index (χ0) is 13.0. The van der Waals surface area contributed by atoms with E-state index in [1.54, 1.807) is 6.20 Å². The molecule has 1 aromatic rings. The Hall–Kier alpha value is -0.940. The molecule has 0 spiro atoms. The lowest BCUT2D eigenvalue weighted by Crippen LogP contribution is -2.49. The van der Waals surface area contributed by atoms with E-state index in [1.165, 1.54) is 11.3 Å². The number of aliphatic hydroxyl groups excluding tert-OH is 1. The molecule has 2 rings (SSSR count). The quantitative estimate of drug-likeness (QED) is 0.860. The first-order chi connectivity index (χ1) is 8.69. The van der Waals surface area contributed by atoms with Gasteiger partial charge in [0.15, 0.2) is 0 Å². The molecule has 0 radical (unpaired) electrons. The molecule has 0 aliphatic heterocycles. The molecule has 1 saturated carbocycles. The summed E-state index contributed by atoms with van der Waals surface area (Å²) in [7, 11) is 0. The first-order valence-electron chi connectivity index (χ1n) is 6.57. The fourth-order valence-corrected chi connectivity index (χ4v) is 3.34. The molecule has 0 aromatic carbocycles. The van der Waals surface area contributed by atoms with Crippen molar-refractivity contribution in [2.45, 2.75) is 51.0 Å². The topological polar surface area (TPSA) is 62.2 Å². The minimum Gasteiger partial charge on any atom is -0.394 e. The van der Waals surface area contributed by atoms with Gasteiger partial charge in [0.2, 0.25) is 0 Å². The van der Waals surface area contributed by atoms with E-state index in [-0.39, 0.29) is 12.5 Å². The van der Waals surface area contributed by atoms with Gasteiger partial charge in [0.05, 0.1) is 23.4 Å². The van der Waals surface area contributed by atoms with Gasteiger partial charge in [-0.2, -0.15) is 0 Å². The number of aryl methyl sites for hydroxylation is 1. The summed E-state index contributed by atoms with van der Waals surface area (Å²) in [6, 6.07) is 0.